The largest absolute Gasteiger partial charge is 0.411 e. The van der Waals surface area contributed by atoms with Crippen molar-refractivity contribution < 1.29 is 14.1 Å². The minimum Gasteiger partial charge on any atom is -0.411 e. The van der Waals surface area contributed by atoms with Crippen LogP contribution in [0.25, 0.3) is 0 Å². The highest BCUT2D eigenvalue weighted by atomic mass is 16.5. The van der Waals surface area contributed by atoms with Gasteiger partial charge in [-0.1, -0.05) is 47.6 Å². The number of hydrogen-bond acceptors (Lipinski definition) is 5. The lowest BCUT2D eigenvalue weighted by Crippen LogP contribution is -2.16. The molecule has 1 amide bonds. The standard InChI is InChI=1S/C19H18N3O3/c20-19(23)24-16-11-9-15(10-12-16)13-17-21-18(25-22-17)8-4-7-14-5-2-1-3-6-14/h1-3,5-6,8-12H,4,7,13H2,(H2,20,23). The van der Waals surface area contributed by atoms with Gasteiger partial charge in [-0.05, 0) is 36.1 Å². The van der Waals surface area contributed by atoms with E-state index < -0.39 is 6.09 Å². The first-order valence-corrected chi connectivity index (χ1v) is 7.95. The number of amides is 1. The van der Waals surface area contributed by atoms with Gasteiger partial charge >= 0.3 is 6.09 Å². The topological polar surface area (TPSA) is 91.2 Å². The van der Waals surface area contributed by atoms with Gasteiger partial charge in [0.2, 0.25) is 5.89 Å². The summed E-state index contributed by atoms with van der Waals surface area (Å²) in [5, 5.41) is 3.99. The van der Waals surface area contributed by atoms with Crippen molar-refractivity contribution in [2.24, 2.45) is 5.73 Å². The molecule has 0 aliphatic heterocycles. The molecule has 0 saturated carbocycles. The van der Waals surface area contributed by atoms with Crippen LogP contribution < -0.4 is 10.5 Å². The molecule has 0 saturated heterocycles. The van der Waals surface area contributed by atoms with Gasteiger partial charge in [-0.3, -0.25) is 0 Å². The Labute approximate surface area is 145 Å². The molecule has 0 atom stereocenters. The summed E-state index contributed by atoms with van der Waals surface area (Å²) in [4.78, 5) is 15.1. The molecule has 1 heterocycles. The van der Waals surface area contributed by atoms with Gasteiger partial charge in [0.25, 0.3) is 0 Å². The molecule has 0 aliphatic carbocycles. The number of primary amides is 1. The first kappa shape index (κ1) is 16.7. The fourth-order valence-electron chi connectivity index (χ4n) is 2.40. The highest BCUT2D eigenvalue weighted by molar-refractivity contribution is 5.68. The molecular weight excluding hydrogens is 318 g/mol. The van der Waals surface area contributed by atoms with Crippen molar-refractivity contribution in [2.75, 3.05) is 0 Å². The third-order valence-corrected chi connectivity index (χ3v) is 3.58. The van der Waals surface area contributed by atoms with Crippen molar-refractivity contribution in [3.63, 3.8) is 0 Å². The summed E-state index contributed by atoms with van der Waals surface area (Å²) in [7, 11) is 0. The smallest absolute Gasteiger partial charge is 0.409 e. The van der Waals surface area contributed by atoms with Crippen LogP contribution in [0.3, 0.4) is 0 Å². The molecule has 3 aromatic rings. The predicted molar refractivity (Wildman–Crippen MR) is 91.9 cm³/mol. The van der Waals surface area contributed by atoms with Crippen molar-refractivity contribution in [3.8, 4) is 5.75 Å². The summed E-state index contributed by atoms with van der Waals surface area (Å²) in [5.41, 5.74) is 7.22. The molecule has 2 N–H and O–H groups in total. The summed E-state index contributed by atoms with van der Waals surface area (Å²) in [6.07, 6.45) is 3.41. The van der Waals surface area contributed by atoms with Crippen LogP contribution >= 0.6 is 0 Å². The normalized spacial score (nSPS) is 10.6. The molecule has 0 spiro atoms. The fourth-order valence-corrected chi connectivity index (χ4v) is 2.40. The number of nitrogens with zero attached hydrogens (tertiary/aromatic N) is 2. The number of ether oxygens (including phenoxy) is 1. The molecule has 2 aromatic carbocycles. The summed E-state index contributed by atoms with van der Waals surface area (Å²) in [6, 6.07) is 17.3. The SMILES string of the molecule is NC(=O)Oc1ccc(Cc2noc([CH]CCc3ccccc3)n2)cc1. The Bertz CT molecular complexity index is 813. The first-order chi connectivity index (χ1) is 12.2. The van der Waals surface area contributed by atoms with E-state index in [0.717, 1.165) is 18.4 Å². The van der Waals surface area contributed by atoms with Crippen LogP contribution in [0.1, 0.15) is 29.3 Å². The van der Waals surface area contributed by atoms with Crippen molar-refractivity contribution >= 4 is 6.09 Å². The van der Waals surface area contributed by atoms with Gasteiger partial charge < -0.3 is 15.0 Å². The molecule has 1 radical (unpaired) electrons. The number of benzene rings is 2. The molecule has 1 aromatic heterocycles. The predicted octanol–water partition coefficient (Wildman–Crippen LogP) is 3.30. The van der Waals surface area contributed by atoms with Gasteiger partial charge in [-0.15, -0.1) is 0 Å². The Morgan fingerprint density at radius 3 is 2.56 bits per heavy atom. The second-order valence-electron chi connectivity index (χ2n) is 5.52. The number of aryl methyl sites for hydroxylation is 1. The monoisotopic (exact) mass is 336 g/mol. The van der Waals surface area contributed by atoms with Gasteiger partial charge in [0.05, 0.1) is 6.42 Å². The second-order valence-corrected chi connectivity index (χ2v) is 5.52. The van der Waals surface area contributed by atoms with E-state index in [1.807, 2.05) is 36.8 Å². The summed E-state index contributed by atoms with van der Waals surface area (Å²) < 4.78 is 10.0. The Balaban J connectivity index is 1.50. The van der Waals surface area contributed by atoms with E-state index in [9.17, 15) is 4.79 Å². The summed E-state index contributed by atoms with van der Waals surface area (Å²) in [6.45, 7) is 0. The van der Waals surface area contributed by atoms with E-state index in [1.165, 1.54) is 5.56 Å². The van der Waals surface area contributed by atoms with Crippen molar-refractivity contribution in [3.05, 3.63) is 83.9 Å². The number of hydrogen-bond donors (Lipinski definition) is 1. The van der Waals surface area contributed by atoms with Crippen molar-refractivity contribution in [1.82, 2.24) is 10.1 Å². The lowest BCUT2D eigenvalue weighted by Gasteiger charge is -2.01. The third-order valence-electron chi connectivity index (χ3n) is 3.58. The maximum atomic E-state index is 10.7. The molecule has 0 aliphatic rings. The van der Waals surface area contributed by atoms with Gasteiger partial charge in [0.1, 0.15) is 5.75 Å². The molecule has 127 valence electrons. The molecule has 3 rings (SSSR count). The van der Waals surface area contributed by atoms with Crippen molar-refractivity contribution in [1.29, 1.82) is 0 Å². The highest BCUT2D eigenvalue weighted by Crippen LogP contribution is 2.15. The summed E-state index contributed by atoms with van der Waals surface area (Å²) >= 11 is 0. The minimum atomic E-state index is -0.832. The maximum absolute atomic E-state index is 10.7. The maximum Gasteiger partial charge on any atom is 0.409 e. The van der Waals surface area contributed by atoms with Crippen LogP contribution in [-0.4, -0.2) is 16.2 Å². The van der Waals surface area contributed by atoms with E-state index in [-0.39, 0.29) is 0 Å². The molecule has 6 heteroatoms. The van der Waals surface area contributed by atoms with Crippen LogP contribution in [-0.2, 0) is 12.8 Å². The summed E-state index contributed by atoms with van der Waals surface area (Å²) in [5.74, 6) is 1.54. The molecule has 25 heavy (non-hydrogen) atoms. The van der Waals surface area contributed by atoms with Crippen LogP contribution in [0.5, 0.6) is 5.75 Å². The Kier molecular flexibility index (Phi) is 5.41. The van der Waals surface area contributed by atoms with E-state index in [0.29, 0.717) is 23.9 Å². The van der Waals surface area contributed by atoms with Crippen LogP contribution in [0.4, 0.5) is 4.79 Å². The lowest BCUT2D eigenvalue weighted by molar-refractivity contribution is 0.211. The van der Waals surface area contributed by atoms with E-state index in [2.05, 4.69) is 22.3 Å². The second kappa shape index (κ2) is 8.10. The number of carbonyl (C=O) groups excluding carboxylic acids is 1. The highest BCUT2D eigenvalue weighted by Gasteiger charge is 2.08. The molecule has 6 nitrogen and oxygen atoms in total. The van der Waals surface area contributed by atoms with Gasteiger partial charge in [-0.25, -0.2) is 4.79 Å². The Morgan fingerprint density at radius 1 is 1.08 bits per heavy atom. The number of carbonyl (C=O) groups is 1. The van der Waals surface area contributed by atoms with Crippen LogP contribution in [0.15, 0.2) is 59.1 Å². The number of aromatic nitrogens is 2. The zero-order valence-electron chi connectivity index (χ0n) is 13.6. The lowest BCUT2D eigenvalue weighted by atomic mass is 10.1. The van der Waals surface area contributed by atoms with Gasteiger partial charge in [0, 0.05) is 6.42 Å². The Hall–Kier alpha value is -3.15. The molecule has 0 fully saturated rings. The fraction of sp³-hybridized carbons (Fsp3) is 0.158. The zero-order chi connectivity index (χ0) is 17.5. The van der Waals surface area contributed by atoms with Gasteiger partial charge in [-0.2, -0.15) is 4.98 Å². The van der Waals surface area contributed by atoms with E-state index >= 15 is 0 Å². The average molecular weight is 336 g/mol. The van der Waals surface area contributed by atoms with Crippen molar-refractivity contribution in [2.45, 2.75) is 19.3 Å². The van der Waals surface area contributed by atoms with E-state index in [1.54, 1.807) is 12.1 Å². The van der Waals surface area contributed by atoms with Crippen LogP contribution in [0, 0.1) is 6.42 Å². The molecule has 0 bridgehead atoms. The molecule has 0 unspecified atom stereocenters. The molecular formula is C19H18N3O3. The number of nitrogens with two attached hydrogens (primary N) is 1. The zero-order valence-corrected chi connectivity index (χ0v) is 13.6. The minimum absolute atomic E-state index is 0.402. The van der Waals surface area contributed by atoms with Gasteiger partial charge in [0.15, 0.2) is 5.82 Å². The van der Waals surface area contributed by atoms with E-state index in [4.69, 9.17) is 15.0 Å². The van der Waals surface area contributed by atoms with Crippen LogP contribution in [0.2, 0.25) is 0 Å². The quantitative estimate of drug-likeness (QED) is 0.715. The Morgan fingerprint density at radius 2 is 1.84 bits per heavy atom. The first-order valence-electron chi connectivity index (χ1n) is 7.95. The third kappa shape index (κ3) is 5.17. The average Bonchev–Trinajstić information content (AvgIpc) is 3.04. The number of rotatable bonds is 7.